The van der Waals surface area contributed by atoms with E-state index in [9.17, 15) is 4.79 Å². The van der Waals surface area contributed by atoms with Gasteiger partial charge in [0.2, 0.25) is 0 Å². The molecule has 3 aromatic carbocycles. The van der Waals surface area contributed by atoms with Crippen LogP contribution in [0.4, 0.5) is 5.69 Å². The fourth-order valence-electron chi connectivity index (χ4n) is 3.17. The third-order valence-corrected chi connectivity index (χ3v) is 5.18. The molecule has 1 heterocycles. The molecule has 28 heavy (non-hydrogen) atoms. The van der Waals surface area contributed by atoms with Gasteiger partial charge >= 0.3 is 0 Å². The van der Waals surface area contributed by atoms with Gasteiger partial charge in [0.1, 0.15) is 0 Å². The monoisotopic (exact) mass is 405 g/mol. The minimum absolute atomic E-state index is 0.0891. The second-order valence-electron chi connectivity index (χ2n) is 6.64. The summed E-state index contributed by atoms with van der Waals surface area (Å²) < 4.78 is 0. The Morgan fingerprint density at radius 2 is 1.61 bits per heavy atom. The van der Waals surface area contributed by atoms with Gasteiger partial charge in [0.15, 0.2) is 0 Å². The van der Waals surface area contributed by atoms with Crippen molar-refractivity contribution in [1.29, 1.82) is 0 Å². The molecule has 4 rings (SSSR count). The fourth-order valence-corrected chi connectivity index (χ4v) is 3.64. The zero-order valence-electron chi connectivity index (χ0n) is 15.2. The Morgan fingerprint density at radius 1 is 0.893 bits per heavy atom. The number of hydrogen-bond acceptors (Lipinski definition) is 1. The van der Waals surface area contributed by atoms with Gasteiger partial charge in [-0.05, 0) is 54.5 Å². The summed E-state index contributed by atoms with van der Waals surface area (Å²) in [7, 11) is 0. The molecule has 0 unspecified atom stereocenters. The molecule has 0 radical (unpaired) electrons. The molecule has 3 aromatic rings. The van der Waals surface area contributed by atoms with E-state index in [1.54, 1.807) is 23.1 Å². The van der Waals surface area contributed by atoms with Crippen LogP contribution in [0.3, 0.4) is 0 Å². The number of anilines is 1. The molecule has 0 spiro atoms. The minimum atomic E-state index is -0.0891. The number of hydrogen-bond donors (Lipinski definition) is 0. The molecule has 0 saturated carbocycles. The third kappa shape index (κ3) is 3.62. The van der Waals surface area contributed by atoms with Crippen LogP contribution in [0, 0.1) is 6.92 Å². The van der Waals surface area contributed by atoms with Gasteiger partial charge in [-0.15, -0.1) is 0 Å². The van der Waals surface area contributed by atoms with Crippen molar-refractivity contribution < 1.29 is 4.79 Å². The van der Waals surface area contributed by atoms with Crippen LogP contribution >= 0.6 is 23.2 Å². The van der Waals surface area contributed by atoms with E-state index in [1.165, 1.54) is 0 Å². The Hall–Kier alpha value is -2.81. The summed E-state index contributed by atoms with van der Waals surface area (Å²) in [6.45, 7) is 2.03. The highest BCUT2D eigenvalue weighted by atomic mass is 35.5. The lowest BCUT2D eigenvalue weighted by molar-refractivity contribution is -0.113. The van der Waals surface area contributed by atoms with E-state index in [4.69, 9.17) is 23.2 Å². The normalized spacial score (nSPS) is 15.2. The largest absolute Gasteiger partial charge is 0.276 e. The standard InChI is InChI=1S/C24H17Cl2NO/c1-16-7-11-21(12-8-16)27-23(17-5-3-2-4-6-17)14-19(24(27)28)13-18-9-10-20(25)15-22(18)26/h2-15H,1H3/b19-13+. The zero-order chi connectivity index (χ0) is 19.7. The molecule has 138 valence electrons. The van der Waals surface area contributed by atoms with Crippen molar-refractivity contribution in [2.45, 2.75) is 6.92 Å². The number of halogens is 2. The molecule has 1 amide bonds. The third-order valence-electron chi connectivity index (χ3n) is 4.62. The summed E-state index contributed by atoms with van der Waals surface area (Å²) in [5, 5.41) is 1.07. The molecule has 1 aliphatic rings. The lowest BCUT2D eigenvalue weighted by atomic mass is 10.1. The Morgan fingerprint density at radius 3 is 2.29 bits per heavy atom. The van der Waals surface area contributed by atoms with Crippen molar-refractivity contribution in [3.05, 3.63) is 111 Å². The van der Waals surface area contributed by atoms with Gasteiger partial charge in [0.25, 0.3) is 5.91 Å². The van der Waals surface area contributed by atoms with Crippen molar-refractivity contribution in [3.63, 3.8) is 0 Å². The smallest absolute Gasteiger partial charge is 0.262 e. The topological polar surface area (TPSA) is 20.3 Å². The first kappa shape index (κ1) is 18.5. The van der Waals surface area contributed by atoms with Gasteiger partial charge in [-0.25, -0.2) is 0 Å². The van der Waals surface area contributed by atoms with Crippen molar-refractivity contribution >= 4 is 46.6 Å². The maximum absolute atomic E-state index is 13.3. The number of benzene rings is 3. The molecule has 0 atom stereocenters. The average molecular weight is 406 g/mol. The molecule has 1 aliphatic heterocycles. The first-order chi connectivity index (χ1) is 13.5. The van der Waals surface area contributed by atoms with Gasteiger partial charge in [-0.1, -0.05) is 77.3 Å². The number of rotatable bonds is 3. The number of amides is 1. The van der Waals surface area contributed by atoms with Crippen LogP contribution in [-0.4, -0.2) is 5.91 Å². The van der Waals surface area contributed by atoms with Crippen molar-refractivity contribution in [1.82, 2.24) is 0 Å². The molecule has 2 nitrogen and oxygen atoms in total. The molecule has 0 bridgehead atoms. The zero-order valence-corrected chi connectivity index (χ0v) is 16.7. The fraction of sp³-hybridized carbons (Fsp3) is 0.0417. The van der Waals surface area contributed by atoms with Crippen LogP contribution in [-0.2, 0) is 4.79 Å². The number of carbonyl (C=O) groups is 1. The molecule has 4 heteroatoms. The molecule has 0 fully saturated rings. The lowest BCUT2D eigenvalue weighted by Crippen LogP contribution is -2.24. The van der Waals surface area contributed by atoms with Crippen molar-refractivity contribution in [3.8, 4) is 0 Å². The molecule has 0 saturated heterocycles. The van der Waals surface area contributed by atoms with E-state index in [2.05, 4.69) is 0 Å². The Kier molecular flexibility index (Phi) is 5.08. The van der Waals surface area contributed by atoms with E-state index in [1.807, 2.05) is 73.7 Å². The first-order valence-electron chi connectivity index (χ1n) is 8.88. The SMILES string of the molecule is Cc1ccc(N2C(=O)/C(=C/c3ccc(Cl)cc3Cl)C=C2c2ccccc2)cc1. The van der Waals surface area contributed by atoms with Gasteiger partial charge in [-0.3, -0.25) is 9.69 Å². The van der Waals surface area contributed by atoms with Crippen LogP contribution in [0.1, 0.15) is 16.7 Å². The maximum Gasteiger partial charge on any atom is 0.262 e. The van der Waals surface area contributed by atoms with E-state index >= 15 is 0 Å². The number of aryl methyl sites for hydroxylation is 1. The van der Waals surface area contributed by atoms with Gasteiger partial charge in [0.05, 0.1) is 5.70 Å². The predicted molar refractivity (Wildman–Crippen MR) is 118 cm³/mol. The van der Waals surface area contributed by atoms with Crippen molar-refractivity contribution in [2.24, 2.45) is 0 Å². The number of carbonyl (C=O) groups excluding carboxylic acids is 1. The quantitative estimate of drug-likeness (QED) is 0.440. The summed E-state index contributed by atoms with van der Waals surface area (Å²) >= 11 is 12.3. The summed E-state index contributed by atoms with van der Waals surface area (Å²) in [4.78, 5) is 15.0. The van der Waals surface area contributed by atoms with Crippen LogP contribution < -0.4 is 4.90 Å². The lowest BCUT2D eigenvalue weighted by Gasteiger charge is -2.21. The van der Waals surface area contributed by atoms with E-state index in [-0.39, 0.29) is 5.91 Å². The van der Waals surface area contributed by atoms with Crippen molar-refractivity contribution in [2.75, 3.05) is 4.90 Å². The second-order valence-corrected chi connectivity index (χ2v) is 7.48. The summed E-state index contributed by atoms with van der Waals surface area (Å²) in [6.07, 6.45) is 3.71. The van der Waals surface area contributed by atoms with E-state index < -0.39 is 0 Å². The highest BCUT2D eigenvalue weighted by Gasteiger charge is 2.30. The Balaban J connectivity index is 1.83. The summed E-state index contributed by atoms with van der Waals surface area (Å²) in [5.41, 5.74) is 5.11. The molecular formula is C24H17Cl2NO. The van der Waals surface area contributed by atoms with Gasteiger partial charge < -0.3 is 0 Å². The Labute approximate surface area is 174 Å². The predicted octanol–water partition coefficient (Wildman–Crippen LogP) is 6.77. The molecule has 0 N–H and O–H groups in total. The molecule has 0 aliphatic carbocycles. The second kappa shape index (κ2) is 7.67. The van der Waals surface area contributed by atoms with E-state index in [0.717, 1.165) is 28.1 Å². The van der Waals surface area contributed by atoms with E-state index in [0.29, 0.717) is 15.6 Å². The molecular weight excluding hydrogens is 389 g/mol. The summed E-state index contributed by atoms with van der Waals surface area (Å²) in [5.74, 6) is -0.0891. The highest BCUT2D eigenvalue weighted by molar-refractivity contribution is 6.35. The highest BCUT2D eigenvalue weighted by Crippen LogP contribution is 2.36. The number of nitrogens with zero attached hydrogens (tertiary/aromatic N) is 1. The molecule has 0 aromatic heterocycles. The van der Waals surface area contributed by atoms with Gasteiger partial charge in [0, 0.05) is 21.3 Å². The first-order valence-corrected chi connectivity index (χ1v) is 9.63. The maximum atomic E-state index is 13.3. The summed E-state index contributed by atoms with van der Waals surface area (Å²) in [6, 6.07) is 23.1. The van der Waals surface area contributed by atoms with Crippen LogP contribution in [0.2, 0.25) is 10.0 Å². The van der Waals surface area contributed by atoms with Crippen LogP contribution in [0.5, 0.6) is 0 Å². The minimum Gasteiger partial charge on any atom is -0.276 e. The average Bonchev–Trinajstić information content (AvgIpc) is 3.02. The van der Waals surface area contributed by atoms with Gasteiger partial charge in [-0.2, -0.15) is 0 Å². The van der Waals surface area contributed by atoms with Crippen LogP contribution in [0.15, 0.2) is 84.4 Å². The Bertz CT molecular complexity index is 1100. The van der Waals surface area contributed by atoms with Crippen LogP contribution in [0.25, 0.3) is 11.8 Å².